The predicted molar refractivity (Wildman–Crippen MR) is 88.0 cm³/mol. The molecular weight excluding hydrogens is 294 g/mol. The van der Waals surface area contributed by atoms with Gasteiger partial charge in [0, 0.05) is 6.54 Å². The Morgan fingerprint density at radius 3 is 2.26 bits per heavy atom. The molecule has 0 radical (unpaired) electrons. The lowest BCUT2D eigenvalue weighted by Crippen LogP contribution is -2.34. The van der Waals surface area contributed by atoms with Crippen LogP contribution in [0.1, 0.15) is 22.8 Å². The molecule has 0 saturated heterocycles. The fourth-order valence-corrected chi connectivity index (χ4v) is 2.22. The lowest BCUT2D eigenvalue weighted by molar-refractivity contribution is 0.0733. The van der Waals surface area contributed by atoms with Gasteiger partial charge in [-0.25, -0.2) is 0 Å². The summed E-state index contributed by atoms with van der Waals surface area (Å²) in [6.07, 6.45) is 0. The van der Waals surface area contributed by atoms with Gasteiger partial charge >= 0.3 is 0 Å². The number of carbonyl (C=O) groups excluding carboxylic acids is 1. The molecule has 2 N–H and O–H groups in total. The number of phenols is 2. The van der Waals surface area contributed by atoms with Crippen LogP contribution in [0.2, 0.25) is 0 Å². The van der Waals surface area contributed by atoms with Crippen LogP contribution in [0.15, 0.2) is 42.5 Å². The van der Waals surface area contributed by atoms with Gasteiger partial charge < -0.3 is 19.8 Å². The number of hydrogen-bond acceptors (Lipinski definition) is 4. The lowest BCUT2D eigenvalue weighted by atomic mass is 10.1. The smallest absolute Gasteiger partial charge is 0.261 e. The van der Waals surface area contributed by atoms with Crippen molar-refractivity contribution < 1.29 is 19.7 Å². The maximum Gasteiger partial charge on any atom is 0.261 e. The van der Waals surface area contributed by atoms with Gasteiger partial charge in [0.2, 0.25) is 0 Å². The average Bonchev–Trinajstić information content (AvgIpc) is 2.53. The zero-order chi connectivity index (χ0) is 16.8. The quantitative estimate of drug-likeness (QED) is 0.860. The number of nitrogens with zero attached hydrogens (tertiary/aromatic N) is 1. The van der Waals surface area contributed by atoms with E-state index in [1.807, 2.05) is 38.1 Å². The van der Waals surface area contributed by atoms with Crippen LogP contribution in [-0.2, 0) is 0 Å². The second kappa shape index (κ2) is 7.54. The summed E-state index contributed by atoms with van der Waals surface area (Å²) in [6, 6.07) is 11.9. The number of carbonyl (C=O) groups is 1. The average molecular weight is 315 g/mol. The van der Waals surface area contributed by atoms with Crippen molar-refractivity contribution in [2.45, 2.75) is 13.8 Å². The number of hydrogen-bond donors (Lipinski definition) is 2. The second-order valence-electron chi connectivity index (χ2n) is 5.22. The maximum atomic E-state index is 12.5. The molecule has 0 aromatic heterocycles. The van der Waals surface area contributed by atoms with Crippen molar-refractivity contribution in [2.75, 3.05) is 19.7 Å². The van der Waals surface area contributed by atoms with Gasteiger partial charge in [0.1, 0.15) is 29.4 Å². The van der Waals surface area contributed by atoms with Crippen molar-refractivity contribution in [3.63, 3.8) is 0 Å². The number of ether oxygens (including phenoxy) is 1. The Bertz CT molecular complexity index is 647. The third-order valence-electron chi connectivity index (χ3n) is 3.55. The van der Waals surface area contributed by atoms with Gasteiger partial charge in [0.15, 0.2) is 0 Å². The van der Waals surface area contributed by atoms with Crippen molar-refractivity contribution >= 4 is 5.91 Å². The standard InChI is InChI=1S/C18H21NO4/c1-3-19(11-12-23-14-9-7-13(2)8-10-14)18(22)17-15(20)5-4-6-16(17)21/h4-10,20-21H,3,11-12H2,1-2H3. The van der Waals surface area contributed by atoms with E-state index in [1.54, 1.807) is 0 Å². The molecule has 1 amide bonds. The minimum absolute atomic E-state index is 0.0790. The number of benzene rings is 2. The number of amides is 1. The van der Waals surface area contributed by atoms with Gasteiger partial charge in [0.25, 0.3) is 5.91 Å². The zero-order valence-electron chi connectivity index (χ0n) is 13.3. The van der Waals surface area contributed by atoms with E-state index in [1.165, 1.54) is 23.1 Å². The largest absolute Gasteiger partial charge is 0.507 e. The van der Waals surface area contributed by atoms with Gasteiger partial charge in [-0.05, 0) is 38.1 Å². The van der Waals surface area contributed by atoms with Crippen LogP contribution in [0.4, 0.5) is 0 Å². The lowest BCUT2D eigenvalue weighted by Gasteiger charge is -2.22. The summed E-state index contributed by atoms with van der Waals surface area (Å²) in [5, 5.41) is 19.6. The van der Waals surface area contributed by atoms with E-state index in [0.717, 1.165) is 11.3 Å². The number of phenolic OH excluding ortho intramolecular Hbond substituents is 2. The van der Waals surface area contributed by atoms with E-state index in [-0.39, 0.29) is 17.1 Å². The molecule has 2 aromatic rings. The molecule has 0 aliphatic carbocycles. The van der Waals surface area contributed by atoms with E-state index in [2.05, 4.69) is 0 Å². The summed E-state index contributed by atoms with van der Waals surface area (Å²) in [4.78, 5) is 14.0. The highest BCUT2D eigenvalue weighted by Crippen LogP contribution is 2.27. The van der Waals surface area contributed by atoms with Crippen molar-refractivity contribution in [1.82, 2.24) is 4.90 Å². The SMILES string of the molecule is CCN(CCOc1ccc(C)cc1)C(=O)c1c(O)cccc1O. The molecule has 2 aromatic carbocycles. The zero-order valence-corrected chi connectivity index (χ0v) is 13.3. The van der Waals surface area contributed by atoms with Gasteiger partial charge in [-0.15, -0.1) is 0 Å². The Hall–Kier alpha value is -2.69. The molecule has 0 unspecified atom stereocenters. The first-order valence-corrected chi connectivity index (χ1v) is 7.52. The minimum atomic E-state index is -0.421. The molecule has 2 rings (SSSR count). The Kier molecular flexibility index (Phi) is 5.46. The van der Waals surface area contributed by atoms with Crippen molar-refractivity contribution in [3.05, 3.63) is 53.6 Å². The molecule has 5 heteroatoms. The summed E-state index contributed by atoms with van der Waals surface area (Å²) >= 11 is 0. The molecule has 122 valence electrons. The third-order valence-corrected chi connectivity index (χ3v) is 3.55. The number of likely N-dealkylation sites (N-methyl/N-ethyl adjacent to an activating group) is 1. The molecule has 0 bridgehead atoms. The van der Waals surface area contributed by atoms with E-state index in [4.69, 9.17) is 4.74 Å². The number of aryl methyl sites for hydroxylation is 1. The molecule has 23 heavy (non-hydrogen) atoms. The van der Waals surface area contributed by atoms with E-state index < -0.39 is 5.91 Å². The Labute approximate surface area is 135 Å². The summed E-state index contributed by atoms with van der Waals surface area (Å²) < 4.78 is 5.62. The summed E-state index contributed by atoms with van der Waals surface area (Å²) in [6.45, 7) is 4.97. The van der Waals surface area contributed by atoms with E-state index >= 15 is 0 Å². The van der Waals surface area contributed by atoms with Gasteiger partial charge in [0.05, 0.1) is 6.54 Å². The van der Waals surface area contributed by atoms with Crippen LogP contribution in [0.25, 0.3) is 0 Å². The molecule has 0 aliphatic rings. The highest BCUT2D eigenvalue weighted by atomic mass is 16.5. The van der Waals surface area contributed by atoms with Crippen LogP contribution < -0.4 is 4.74 Å². The number of aromatic hydroxyl groups is 2. The van der Waals surface area contributed by atoms with Gasteiger partial charge in [-0.1, -0.05) is 23.8 Å². The van der Waals surface area contributed by atoms with Crippen molar-refractivity contribution in [3.8, 4) is 17.2 Å². The molecule has 5 nitrogen and oxygen atoms in total. The summed E-state index contributed by atoms with van der Waals surface area (Å²) in [7, 11) is 0. The highest BCUT2D eigenvalue weighted by Gasteiger charge is 2.21. The van der Waals surface area contributed by atoms with Crippen molar-refractivity contribution in [2.24, 2.45) is 0 Å². The van der Waals surface area contributed by atoms with Crippen LogP contribution in [0, 0.1) is 6.92 Å². The first kappa shape index (κ1) is 16.7. The highest BCUT2D eigenvalue weighted by molar-refractivity contribution is 5.99. The molecular formula is C18H21NO4. The van der Waals surface area contributed by atoms with E-state index in [9.17, 15) is 15.0 Å². The predicted octanol–water partition coefficient (Wildman–Crippen LogP) is 2.95. The van der Waals surface area contributed by atoms with Crippen LogP contribution in [-0.4, -0.2) is 40.7 Å². The first-order chi connectivity index (χ1) is 11.0. The molecule has 0 atom stereocenters. The van der Waals surface area contributed by atoms with Crippen LogP contribution in [0.5, 0.6) is 17.2 Å². The summed E-state index contributed by atoms with van der Waals surface area (Å²) in [5.41, 5.74) is 1.07. The molecule has 0 aliphatic heterocycles. The molecule has 0 spiro atoms. The third kappa shape index (κ3) is 4.16. The van der Waals surface area contributed by atoms with Gasteiger partial charge in [-0.3, -0.25) is 4.79 Å². The Morgan fingerprint density at radius 1 is 1.09 bits per heavy atom. The molecule has 0 heterocycles. The molecule has 0 saturated carbocycles. The van der Waals surface area contributed by atoms with E-state index in [0.29, 0.717) is 19.7 Å². The number of rotatable bonds is 6. The Morgan fingerprint density at radius 2 is 1.70 bits per heavy atom. The molecule has 0 fully saturated rings. The first-order valence-electron chi connectivity index (χ1n) is 7.52. The second-order valence-corrected chi connectivity index (χ2v) is 5.22. The normalized spacial score (nSPS) is 10.3. The van der Waals surface area contributed by atoms with Crippen LogP contribution in [0.3, 0.4) is 0 Å². The van der Waals surface area contributed by atoms with Crippen LogP contribution >= 0.6 is 0 Å². The monoisotopic (exact) mass is 315 g/mol. The fraction of sp³-hybridized carbons (Fsp3) is 0.278. The maximum absolute atomic E-state index is 12.5. The van der Waals surface area contributed by atoms with Gasteiger partial charge in [-0.2, -0.15) is 0 Å². The topological polar surface area (TPSA) is 70.0 Å². The Balaban J connectivity index is 1.99. The minimum Gasteiger partial charge on any atom is -0.507 e. The fourth-order valence-electron chi connectivity index (χ4n) is 2.22. The summed E-state index contributed by atoms with van der Waals surface area (Å²) in [5.74, 6) is -0.138. The van der Waals surface area contributed by atoms with Crippen molar-refractivity contribution in [1.29, 1.82) is 0 Å².